The molecule has 2 N–H and O–H groups in total. The molecule has 4 nitrogen and oxygen atoms in total. The van der Waals surface area contributed by atoms with E-state index >= 15 is 0 Å². The fourth-order valence-electron chi connectivity index (χ4n) is 2.00. The molecular formula is C10H13N3O. The standard InChI is InChI=1S/C10H13N3O/c1-6-3-4-8-7(5-6)9(12-11)10(14)13(8)2/h3-4,7H,5,11H2,1-2H3/b12-9-. The highest BCUT2D eigenvalue weighted by molar-refractivity contribution is 6.42. The lowest BCUT2D eigenvalue weighted by Crippen LogP contribution is -2.22. The molecule has 0 aromatic heterocycles. The molecule has 1 atom stereocenters. The minimum atomic E-state index is -0.0770. The van der Waals surface area contributed by atoms with E-state index in [-0.39, 0.29) is 11.8 Å². The summed E-state index contributed by atoms with van der Waals surface area (Å²) in [5.41, 5.74) is 2.74. The second kappa shape index (κ2) is 2.97. The number of carbonyl (C=O) groups excluding carboxylic acids is 1. The van der Waals surface area contributed by atoms with Crippen molar-refractivity contribution < 1.29 is 4.79 Å². The van der Waals surface area contributed by atoms with Crippen LogP contribution >= 0.6 is 0 Å². The van der Waals surface area contributed by atoms with Crippen LogP contribution in [-0.4, -0.2) is 23.6 Å². The number of nitrogens with zero attached hydrogens (tertiary/aromatic N) is 2. The number of amides is 1. The molecule has 0 spiro atoms. The van der Waals surface area contributed by atoms with Gasteiger partial charge < -0.3 is 10.7 Å². The van der Waals surface area contributed by atoms with E-state index in [1.807, 2.05) is 19.1 Å². The molecule has 2 rings (SSSR count). The highest BCUT2D eigenvalue weighted by atomic mass is 16.2. The predicted octanol–water partition coefficient (Wildman–Crippen LogP) is 0.623. The second-order valence-electron chi connectivity index (χ2n) is 3.74. The van der Waals surface area contributed by atoms with Gasteiger partial charge in [0.2, 0.25) is 0 Å². The fourth-order valence-corrected chi connectivity index (χ4v) is 2.00. The summed E-state index contributed by atoms with van der Waals surface area (Å²) in [6.45, 7) is 2.05. The van der Waals surface area contributed by atoms with E-state index in [9.17, 15) is 4.79 Å². The van der Waals surface area contributed by atoms with Crippen LogP contribution in [0.5, 0.6) is 0 Å². The summed E-state index contributed by atoms with van der Waals surface area (Å²) in [4.78, 5) is 13.3. The lowest BCUT2D eigenvalue weighted by molar-refractivity contribution is -0.120. The molecule has 0 aromatic rings. The van der Waals surface area contributed by atoms with E-state index in [1.165, 1.54) is 5.57 Å². The van der Waals surface area contributed by atoms with Gasteiger partial charge in [0.05, 0.1) is 5.92 Å². The van der Waals surface area contributed by atoms with Crippen LogP contribution in [0.2, 0.25) is 0 Å². The minimum Gasteiger partial charge on any atom is -0.323 e. The van der Waals surface area contributed by atoms with Crippen LogP contribution < -0.4 is 5.84 Å². The molecule has 1 fully saturated rings. The Labute approximate surface area is 82.8 Å². The summed E-state index contributed by atoms with van der Waals surface area (Å²) in [7, 11) is 1.76. The van der Waals surface area contributed by atoms with Crippen LogP contribution in [0.25, 0.3) is 0 Å². The number of nitrogens with two attached hydrogens (primary N) is 1. The molecule has 2 aliphatic rings. The van der Waals surface area contributed by atoms with Crippen molar-refractivity contribution in [3.63, 3.8) is 0 Å². The smallest absolute Gasteiger partial charge is 0.274 e. The van der Waals surface area contributed by atoms with Gasteiger partial charge in [-0.1, -0.05) is 11.6 Å². The third-order valence-electron chi connectivity index (χ3n) is 2.80. The second-order valence-corrected chi connectivity index (χ2v) is 3.74. The number of rotatable bonds is 0. The van der Waals surface area contributed by atoms with Gasteiger partial charge in [-0.3, -0.25) is 4.79 Å². The highest BCUT2D eigenvalue weighted by Crippen LogP contribution is 2.33. The van der Waals surface area contributed by atoms with Crippen molar-refractivity contribution >= 4 is 11.6 Å². The number of hydrogen-bond acceptors (Lipinski definition) is 3. The molecule has 14 heavy (non-hydrogen) atoms. The Morgan fingerprint density at radius 3 is 2.93 bits per heavy atom. The Morgan fingerprint density at radius 2 is 2.29 bits per heavy atom. The molecule has 0 saturated carbocycles. The van der Waals surface area contributed by atoms with Gasteiger partial charge in [0.1, 0.15) is 5.71 Å². The SMILES string of the molecule is CC1=CC=C2C(C1)/C(=N/N)C(=O)N2C. The largest absolute Gasteiger partial charge is 0.323 e. The van der Waals surface area contributed by atoms with Crippen LogP contribution in [0.1, 0.15) is 13.3 Å². The maximum absolute atomic E-state index is 11.7. The molecular weight excluding hydrogens is 178 g/mol. The van der Waals surface area contributed by atoms with Crippen molar-refractivity contribution in [3.8, 4) is 0 Å². The van der Waals surface area contributed by atoms with Crippen LogP contribution in [-0.2, 0) is 4.79 Å². The molecule has 1 heterocycles. The van der Waals surface area contributed by atoms with Crippen molar-refractivity contribution in [2.75, 3.05) is 7.05 Å². The molecule has 1 unspecified atom stereocenters. The topological polar surface area (TPSA) is 58.7 Å². The van der Waals surface area contributed by atoms with Crippen molar-refractivity contribution in [2.24, 2.45) is 16.9 Å². The van der Waals surface area contributed by atoms with Gasteiger partial charge in [-0.25, -0.2) is 0 Å². The van der Waals surface area contributed by atoms with E-state index in [4.69, 9.17) is 5.84 Å². The average molecular weight is 191 g/mol. The zero-order valence-corrected chi connectivity index (χ0v) is 8.32. The Hall–Kier alpha value is -1.58. The van der Waals surface area contributed by atoms with Crippen molar-refractivity contribution in [3.05, 3.63) is 23.4 Å². The van der Waals surface area contributed by atoms with Crippen LogP contribution in [0.15, 0.2) is 28.5 Å². The molecule has 1 amide bonds. The normalized spacial score (nSPS) is 29.0. The van der Waals surface area contributed by atoms with Crippen LogP contribution in [0, 0.1) is 5.92 Å². The summed E-state index contributed by atoms with van der Waals surface area (Å²) in [6, 6.07) is 0. The van der Waals surface area contributed by atoms with Crippen molar-refractivity contribution in [1.82, 2.24) is 4.90 Å². The van der Waals surface area contributed by atoms with Gasteiger partial charge in [0, 0.05) is 12.7 Å². The summed E-state index contributed by atoms with van der Waals surface area (Å²) < 4.78 is 0. The van der Waals surface area contributed by atoms with Crippen LogP contribution in [0.4, 0.5) is 0 Å². The summed E-state index contributed by atoms with van der Waals surface area (Å²) in [5.74, 6) is 5.23. The van der Waals surface area contributed by atoms with Gasteiger partial charge in [-0.2, -0.15) is 5.10 Å². The maximum Gasteiger partial charge on any atom is 0.274 e. The summed E-state index contributed by atoms with van der Waals surface area (Å²) in [5, 5.41) is 3.60. The predicted molar refractivity (Wildman–Crippen MR) is 54.3 cm³/mol. The van der Waals surface area contributed by atoms with Gasteiger partial charge in [0.25, 0.3) is 5.91 Å². The van der Waals surface area contributed by atoms with Crippen LogP contribution in [0.3, 0.4) is 0 Å². The zero-order chi connectivity index (χ0) is 10.3. The minimum absolute atomic E-state index is 0.0718. The van der Waals surface area contributed by atoms with E-state index < -0.39 is 0 Å². The molecule has 0 radical (unpaired) electrons. The molecule has 0 aromatic carbocycles. The average Bonchev–Trinajstić information content (AvgIpc) is 2.39. The number of carbonyl (C=O) groups is 1. The lowest BCUT2D eigenvalue weighted by atomic mass is 9.91. The fraction of sp³-hybridized carbons (Fsp3) is 0.400. The van der Waals surface area contributed by atoms with Crippen molar-refractivity contribution in [1.29, 1.82) is 0 Å². The van der Waals surface area contributed by atoms with Gasteiger partial charge >= 0.3 is 0 Å². The monoisotopic (exact) mass is 191 g/mol. The van der Waals surface area contributed by atoms with Crippen molar-refractivity contribution in [2.45, 2.75) is 13.3 Å². The summed E-state index contributed by atoms with van der Waals surface area (Å²) in [6.07, 6.45) is 4.85. The van der Waals surface area contributed by atoms with Gasteiger partial charge in [0.15, 0.2) is 0 Å². The molecule has 1 aliphatic carbocycles. The first-order valence-corrected chi connectivity index (χ1v) is 4.58. The molecule has 74 valence electrons. The highest BCUT2D eigenvalue weighted by Gasteiger charge is 2.40. The maximum atomic E-state index is 11.7. The van der Waals surface area contributed by atoms with E-state index in [0.29, 0.717) is 5.71 Å². The molecule has 0 bridgehead atoms. The molecule has 4 heteroatoms. The number of hydrogen-bond donors (Lipinski definition) is 1. The summed E-state index contributed by atoms with van der Waals surface area (Å²) >= 11 is 0. The number of hydrazone groups is 1. The quantitative estimate of drug-likeness (QED) is 0.451. The Balaban J connectivity index is 2.45. The molecule has 1 aliphatic heterocycles. The third kappa shape index (κ3) is 1.07. The first-order valence-electron chi connectivity index (χ1n) is 4.58. The van der Waals surface area contributed by atoms with Gasteiger partial charge in [-0.15, -0.1) is 0 Å². The van der Waals surface area contributed by atoms with Gasteiger partial charge in [-0.05, 0) is 19.4 Å². The Kier molecular flexibility index (Phi) is 1.91. The Bertz CT molecular complexity index is 379. The third-order valence-corrected chi connectivity index (χ3v) is 2.80. The number of likely N-dealkylation sites (tertiary alicyclic amines) is 1. The van der Waals surface area contributed by atoms with E-state index in [1.54, 1.807) is 11.9 Å². The molecule has 1 saturated heterocycles. The zero-order valence-electron chi connectivity index (χ0n) is 8.32. The number of allylic oxidation sites excluding steroid dienone is 4. The lowest BCUT2D eigenvalue weighted by Gasteiger charge is -2.18. The number of fused-ring (bicyclic) bond motifs is 1. The van der Waals surface area contributed by atoms with E-state index in [0.717, 1.165) is 12.1 Å². The Morgan fingerprint density at radius 1 is 1.57 bits per heavy atom. The van der Waals surface area contributed by atoms with E-state index in [2.05, 4.69) is 5.10 Å². The first kappa shape index (κ1) is 8.99. The first-order chi connectivity index (χ1) is 6.65.